The fourth-order valence-electron chi connectivity index (χ4n) is 1.25. The van der Waals surface area contributed by atoms with E-state index in [-0.39, 0.29) is 5.69 Å². The average Bonchev–Trinajstić information content (AvgIpc) is 2.29. The highest BCUT2D eigenvalue weighted by Crippen LogP contribution is 2.13. The van der Waals surface area contributed by atoms with Gasteiger partial charge in [-0.3, -0.25) is 10.1 Å². The van der Waals surface area contributed by atoms with Crippen LogP contribution >= 0.6 is 0 Å². The quantitative estimate of drug-likeness (QED) is 0.603. The molecule has 0 saturated carbocycles. The summed E-state index contributed by atoms with van der Waals surface area (Å²) in [6.07, 6.45) is 1.44. The van der Waals surface area contributed by atoms with Crippen LogP contribution in [0, 0.1) is 10.1 Å². The minimum Gasteiger partial charge on any atom is -0.369 e. The minimum absolute atomic E-state index is 0.0553. The number of aromatic nitrogens is 1. The molecule has 6 heteroatoms. The molecule has 0 atom stereocenters. The van der Waals surface area contributed by atoms with Gasteiger partial charge >= 0.3 is 0 Å². The van der Waals surface area contributed by atoms with Gasteiger partial charge in [0, 0.05) is 31.4 Å². The van der Waals surface area contributed by atoms with Crippen LogP contribution in [0.2, 0.25) is 0 Å². The van der Waals surface area contributed by atoms with Gasteiger partial charge in [-0.2, -0.15) is 0 Å². The molecule has 1 aromatic heterocycles. The van der Waals surface area contributed by atoms with Crippen molar-refractivity contribution in [2.45, 2.75) is 19.9 Å². The summed E-state index contributed by atoms with van der Waals surface area (Å²) in [6.45, 7) is 5.81. The van der Waals surface area contributed by atoms with Crippen molar-refractivity contribution in [2.75, 3.05) is 25.5 Å². The molecule has 17 heavy (non-hydrogen) atoms. The molecule has 94 valence electrons. The largest absolute Gasteiger partial charge is 0.369 e. The standard InChI is InChI=1S/C11H18N4O2/c1-9(2)14(3)7-6-13-11-8-10(15(16)17)4-5-12-11/h4-5,8-9H,6-7H2,1-3H3,(H,12,13). The second-order valence-corrected chi connectivity index (χ2v) is 4.16. The van der Waals surface area contributed by atoms with Crippen molar-refractivity contribution in [1.29, 1.82) is 0 Å². The van der Waals surface area contributed by atoms with Gasteiger partial charge in [0.05, 0.1) is 11.0 Å². The molecule has 0 radical (unpaired) electrons. The van der Waals surface area contributed by atoms with Crippen molar-refractivity contribution in [3.8, 4) is 0 Å². The molecule has 0 unspecified atom stereocenters. The van der Waals surface area contributed by atoms with Crippen molar-refractivity contribution >= 4 is 11.5 Å². The lowest BCUT2D eigenvalue weighted by Gasteiger charge is -2.20. The Bertz CT molecular complexity index is 381. The van der Waals surface area contributed by atoms with E-state index < -0.39 is 4.92 Å². The van der Waals surface area contributed by atoms with Crippen LogP contribution in [-0.4, -0.2) is 41.0 Å². The van der Waals surface area contributed by atoms with Gasteiger partial charge in [-0.05, 0) is 20.9 Å². The molecular formula is C11H18N4O2. The molecule has 1 aromatic rings. The first-order valence-corrected chi connectivity index (χ1v) is 5.55. The molecule has 1 rings (SSSR count). The van der Waals surface area contributed by atoms with Crippen LogP contribution in [-0.2, 0) is 0 Å². The highest BCUT2D eigenvalue weighted by Gasteiger charge is 2.07. The van der Waals surface area contributed by atoms with E-state index in [1.54, 1.807) is 0 Å². The number of nitro groups is 1. The summed E-state index contributed by atoms with van der Waals surface area (Å²) in [4.78, 5) is 16.4. The van der Waals surface area contributed by atoms with Crippen molar-refractivity contribution in [2.24, 2.45) is 0 Å². The monoisotopic (exact) mass is 238 g/mol. The molecule has 0 amide bonds. The van der Waals surface area contributed by atoms with Gasteiger partial charge in [-0.15, -0.1) is 0 Å². The predicted molar refractivity (Wildman–Crippen MR) is 67.1 cm³/mol. The predicted octanol–water partition coefficient (Wildman–Crippen LogP) is 1.74. The minimum atomic E-state index is -0.424. The number of anilines is 1. The summed E-state index contributed by atoms with van der Waals surface area (Å²) in [5.41, 5.74) is 0.0553. The number of hydrogen-bond acceptors (Lipinski definition) is 5. The number of nitrogens with zero attached hydrogens (tertiary/aromatic N) is 3. The van der Waals surface area contributed by atoms with Gasteiger partial charge < -0.3 is 10.2 Å². The van der Waals surface area contributed by atoms with Crippen LogP contribution in [0.15, 0.2) is 18.3 Å². The highest BCUT2D eigenvalue weighted by molar-refractivity contribution is 5.44. The van der Waals surface area contributed by atoms with Crippen molar-refractivity contribution in [3.63, 3.8) is 0 Å². The van der Waals surface area contributed by atoms with Crippen molar-refractivity contribution < 1.29 is 4.92 Å². The fraction of sp³-hybridized carbons (Fsp3) is 0.545. The smallest absolute Gasteiger partial charge is 0.274 e. The van der Waals surface area contributed by atoms with Gasteiger partial charge in [0.2, 0.25) is 0 Å². The van der Waals surface area contributed by atoms with Crippen LogP contribution in [0.1, 0.15) is 13.8 Å². The average molecular weight is 238 g/mol. The Morgan fingerprint density at radius 1 is 1.59 bits per heavy atom. The number of hydrogen-bond donors (Lipinski definition) is 1. The number of nitrogens with one attached hydrogen (secondary N) is 1. The van der Waals surface area contributed by atoms with Gasteiger partial charge in [-0.25, -0.2) is 4.98 Å². The Morgan fingerprint density at radius 2 is 2.29 bits per heavy atom. The van der Waals surface area contributed by atoms with E-state index in [1.807, 2.05) is 7.05 Å². The van der Waals surface area contributed by atoms with E-state index in [9.17, 15) is 10.1 Å². The summed E-state index contributed by atoms with van der Waals surface area (Å²) in [7, 11) is 2.03. The lowest BCUT2D eigenvalue weighted by Crippen LogP contribution is -2.31. The third-order valence-electron chi connectivity index (χ3n) is 2.61. The second-order valence-electron chi connectivity index (χ2n) is 4.16. The Labute approximate surface area is 101 Å². The fourth-order valence-corrected chi connectivity index (χ4v) is 1.25. The molecule has 6 nitrogen and oxygen atoms in total. The summed E-state index contributed by atoms with van der Waals surface area (Å²) >= 11 is 0. The Balaban J connectivity index is 2.47. The number of likely N-dealkylation sites (N-methyl/N-ethyl adjacent to an activating group) is 1. The van der Waals surface area contributed by atoms with Crippen LogP contribution in [0.5, 0.6) is 0 Å². The zero-order valence-electron chi connectivity index (χ0n) is 10.4. The lowest BCUT2D eigenvalue weighted by atomic mass is 10.3. The highest BCUT2D eigenvalue weighted by atomic mass is 16.6. The molecular weight excluding hydrogens is 220 g/mol. The van der Waals surface area contributed by atoms with E-state index in [2.05, 4.69) is 29.0 Å². The van der Waals surface area contributed by atoms with Gasteiger partial charge in [0.1, 0.15) is 5.82 Å². The molecule has 1 heterocycles. The normalized spacial score (nSPS) is 10.9. The third kappa shape index (κ3) is 4.36. The lowest BCUT2D eigenvalue weighted by molar-refractivity contribution is -0.384. The Morgan fingerprint density at radius 3 is 2.88 bits per heavy atom. The Kier molecular flexibility index (Phi) is 4.84. The van der Waals surface area contributed by atoms with E-state index in [1.165, 1.54) is 18.3 Å². The summed E-state index contributed by atoms with van der Waals surface area (Å²) in [6, 6.07) is 3.30. The van der Waals surface area contributed by atoms with E-state index in [0.29, 0.717) is 18.4 Å². The van der Waals surface area contributed by atoms with E-state index >= 15 is 0 Å². The molecule has 0 bridgehead atoms. The summed E-state index contributed by atoms with van der Waals surface area (Å²) in [5.74, 6) is 0.538. The first-order chi connectivity index (χ1) is 8.00. The summed E-state index contributed by atoms with van der Waals surface area (Å²) in [5, 5.41) is 13.6. The van der Waals surface area contributed by atoms with Gasteiger partial charge in [0.25, 0.3) is 5.69 Å². The SMILES string of the molecule is CC(C)N(C)CCNc1cc([N+](=O)[O-])ccn1. The molecule has 1 N–H and O–H groups in total. The maximum absolute atomic E-state index is 10.6. The first-order valence-electron chi connectivity index (χ1n) is 5.55. The van der Waals surface area contributed by atoms with Crippen LogP contribution in [0.3, 0.4) is 0 Å². The van der Waals surface area contributed by atoms with Crippen LogP contribution in [0.25, 0.3) is 0 Å². The molecule has 0 saturated heterocycles. The number of pyridine rings is 1. The summed E-state index contributed by atoms with van der Waals surface area (Å²) < 4.78 is 0. The molecule has 0 aliphatic heterocycles. The van der Waals surface area contributed by atoms with Crippen molar-refractivity contribution in [3.05, 3.63) is 28.4 Å². The molecule has 0 aliphatic rings. The van der Waals surface area contributed by atoms with Gasteiger partial charge in [0.15, 0.2) is 0 Å². The maximum atomic E-state index is 10.6. The molecule has 0 fully saturated rings. The van der Waals surface area contributed by atoms with Crippen LogP contribution < -0.4 is 5.32 Å². The second kappa shape index (κ2) is 6.15. The zero-order chi connectivity index (χ0) is 12.8. The molecule has 0 spiro atoms. The number of rotatable bonds is 6. The maximum Gasteiger partial charge on any atom is 0.274 e. The topological polar surface area (TPSA) is 71.3 Å². The zero-order valence-corrected chi connectivity index (χ0v) is 10.4. The molecule has 0 aliphatic carbocycles. The Hall–Kier alpha value is -1.69. The van der Waals surface area contributed by atoms with E-state index in [4.69, 9.17) is 0 Å². The van der Waals surface area contributed by atoms with E-state index in [0.717, 1.165) is 6.54 Å². The molecule has 0 aromatic carbocycles. The third-order valence-corrected chi connectivity index (χ3v) is 2.61. The van der Waals surface area contributed by atoms with Crippen molar-refractivity contribution in [1.82, 2.24) is 9.88 Å². The van der Waals surface area contributed by atoms with Crippen LogP contribution in [0.4, 0.5) is 11.5 Å². The van der Waals surface area contributed by atoms with Gasteiger partial charge in [-0.1, -0.05) is 0 Å². The first kappa shape index (κ1) is 13.4.